The normalized spacial score (nSPS) is 13.3. The van der Waals surface area contributed by atoms with E-state index in [0.717, 1.165) is 35.1 Å². The number of hydrogen-bond donors (Lipinski definition) is 1. The molecule has 0 saturated heterocycles. The smallest absolute Gasteiger partial charge is 0.250 e. The number of nitrogens with zero attached hydrogens (tertiary/aromatic N) is 6. The van der Waals surface area contributed by atoms with Crippen LogP contribution in [0.25, 0.3) is 33.3 Å². The SMILES string of the molecule is C=C(C(N)=O)c1ccc(-c2cc(-c3cnn(C4CC4)c3)cn3ncc(C#N)c23)cn1. The second-order valence-corrected chi connectivity index (χ2v) is 7.32. The molecule has 1 fully saturated rings. The number of nitriles is 1. The fourth-order valence-electron chi connectivity index (χ4n) is 3.47. The van der Waals surface area contributed by atoms with Crippen LogP contribution in [0.1, 0.15) is 30.1 Å². The summed E-state index contributed by atoms with van der Waals surface area (Å²) in [6, 6.07) is 8.22. The van der Waals surface area contributed by atoms with Crippen molar-refractivity contribution >= 4 is 17.0 Å². The monoisotopic (exact) mass is 395 g/mol. The number of nitrogens with two attached hydrogens (primary N) is 1. The highest BCUT2D eigenvalue weighted by atomic mass is 16.1. The number of pyridine rings is 2. The molecule has 1 aliphatic carbocycles. The van der Waals surface area contributed by atoms with E-state index >= 15 is 0 Å². The molecule has 0 unspecified atom stereocenters. The molecule has 0 radical (unpaired) electrons. The Morgan fingerprint density at radius 1 is 1.13 bits per heavy atom. The summed E-state index contributed by atoms with van der Waals surface area (Å²) in [5, 5.41) is 18.4. The summed E-state index contributed by atoms with van der Waals surface area (Å²) in [5.74, 6) is -0.616. The van der Waals surface area contributed by atoms with E-state index in [0.29, 0.717) is 22.8 Å². The predicted molar refractivity (Wildman–Crippen MR) is 111 cm³/mol. The van der Waals surface area contributed by atoms with Gasteiger partial charge in [-0.05, 0) is 25.0 Å². The van der Waals surface area contributed by atoms with Gasteiger partial charge in [0.1, 0.15) is 6.07 Å². The Morgan fingerprint density at radius 2 is 1.97 bits per heavy atom. The summed E-state index contributed by atoms with van der Waals surface area (Å²) in [5.41, 5.74) is 10.5. The zero-order valence-electron chi connectivity index (χ0n) is 16.0. The lowest BCUT2D eigenvalue weighted by Gasteiger charge is -2.09. The van der Waals surface area contributed by atoms with Crippen molar-refractivity contribution in [3.63, 3.8) is 0 Å². The van der Waals surface area contributed by atoms with Gasteiger partial charge in [-0.2, -0.15) is 15.5 Å². The van der Waals surface area contributed by atoms with Crippen LogP contribution < -0.4 is 5.73 Å². The first-order valence-electron chi connectivity index (χ1n) is 9.46. The summed E-state index contributed by atoms with van der Waals surface area (Å²) in [7, 11) is 0. The van der Waals surface area contributed by atoms with Gasteiger partial charge in [-0.15, -0.1) is 0 Å². The molecule has 146 valence electrons. The van der Waals surface area contributed by atoms with Gasteiger partial charge in [0.25, 0.3) is 0 Å². The molecular formula is C22H17N7O. The van der Waals surface area contributed by atoms with E-state index in [-0.39, 0.29) is 5.57 Å². The molecule has 0 spiro atoms. The maximum Gasteiger partial charge on any atom is 0.250 e. The van der Waals surface area contributed by atoms with Crippen LogP contribution in [-0.2, 0) is 4.79 Å². The van der Waals surface area contributed by atoms with Crippen LogP contribution in [0.5, 0.6) is 0 Å². The number of primary amides is 1. The zero-order chi connectivity index (χ0) is 20.8. The Bertz CT molecular complexity index is 1350. The molecule has 4 aromatic rings. The van der Waals surface area contributed by atoms with Crippen LogP contribution in [0.2, 0.25) is 0 Å². The second-order valence-electron chi connectivity index (χ2n) is 7.32. The van der Waals surface area contributed by atoms with Crippen molar-refractivity contribution in [2.45, 2.75) is 18.9 Å². The predicted octanol–water partition coefficient (Wildman–Crippen LogP) is 2.96. The Labute approximate surface area is 171 Å². The molecule has 30 heavy (non-hydrogen) atoms. The van der Waals surface area contributed by atoms with E-state index in [9.17, 15) is 10.1 Å². The van der Waals surface area contributed by atoms with E-state index in [4.69, 9.17) is 5.73 Å². The first kappa shape index (κ1) is 17.8. The van der Waals surface area contributed by atoms with Crippen LogP contribution in [0.4, 0.5) is 0 Å². The lowest BCUT2D eigenvalue weighted by molar-refractivity contribution is -0.112. The highest BCUT2D eigenvalue weighted by Crippen LogP contribution is 2.36. The average Bonchev–Trinajstić information content (AvgIpc) is 3.34. The largest absolute Gasteiger partial charge is 0.366 e. The van der Waals surface area contributed by atoms with E-state index in [1.54, 1.807) is 23.0 Å². The number of amides is 1. The van der Waals surface area contributed by atoms with Crippen LogP contribution in [-0.4, -0.2) is 30.3 Å². The molecule has 0 atom stereocenters. The fourth-order valence-corrected chi connectivity index (χ4v) is 3.47. The van der Waals surface area contributed by atoms with Crippen molar-refractivity contribution in [2.24, 2.45) is 5.73 Å². The van der Waals surface area contributed by atoms with Gasteiger partial charge in [0.05, 0.1) is 40.8 Å². The average molecular weight is 395 g/mol. The van der Waals surface area contributed by atoms with Crippen LogP contribution in [0, 0.1) is 11.3 Å². The molecule has 0 bridgehead atoms. The minimum Gasteiger partial charge on any atom is -0.366 e. The quantitative estimate of drug-likeness (QED) is 0.522. The highest BCUT2D eigenvalue weighted by Gasteiger charge is 2.24. The first-order valence-corrected chi connectivity index (χ1v) is 9.46. The van der Waals surface area contributed by atoms with Gasteiger partial charge in [-0.1, -0.05) is 12.6 Å². The van der Waals surface area contributed by atoms with Gasteiger partial charge in [-0.25, -0.2) is 4.52 Å². The Morgan fingerprint density at radius 3 is 2.63 bits per heavy atom. The van der Waals surface area contributed by atoms with Crippen LogP contribution >= 0.6 is 0 Å². The Balaban J connectivity index is 1.65. The highest BCUT2D eigenvalue weighted by molar-refractivity contribution is 6.17. The molecule has 4 aromatic heterocycles. The third-order valence-electron chi connectivity index (χ3n) is 5.27. The topological polar surface area (TPSA) is 115 Å². The third kappa shape index (κ3) is 2.93. The van der Waals surface area contributed by atoms with Gasteiger partial charge < -0.3 is 5.73 Å². The lowest BCUT2D eigenvalue weighted by Crippen LogP contribution is -2.12. The Hall–Kier alpha value is -4.25. The maximum absolute atomic E-state index is 11.4. The third-order valence-corrected chi connectivity index (χ3v) is 5.27. The van der Waals surface area contributed by atoms with E-state index in [2.05, 4.69) is 27.8 Å². The van der Waals surface area contributed by atoms with Gasteiger partial charge in [0.15, 0.2) is 0 Å². The summed E-state index contributed by atoms with van der Waals surface area (Å²) in [6.45, 7) is 3.67. The van der Waals surface area contributed by atoms with Gasteiger partial charge in [0.2, 0.25) is 5.91 Å². The van der Waals surface area contributed by atoms with Crippen molar-refractivity contribution in [3.8, 4) is 28.3 Å². The summed E-state index contributed by atoms with van der Waals surface area (Å²) in [6.07, 6.45) is 11.3. The molecule has 5 rings (SSSR count). The Kier molecular flexibility index (Phi) is 3.96. The molecule has 8 nitrogen and oxygen atoms in total. The lowest BCUT2D eigenvalue weighted by atomic mass is 10.0. The molecule has 0 aliphatic heterocycles. The minimum absolute atomic E-state index is 0.148. The summed E-state index contributed by atoms with van der Waals surface area (Å²) in [4.78, 5) is 15.7. The number of fused-ring (bicyclic) bond motifs is 1. The van der Waals surface area contributed by atoms with Crippen LogP contribution in [0.3, 0.4) is 0 Å². The fraction of sp³-hybridized carbons (Fsp3) is 0.136. The number of hydrogen-bond acceptors (Lipinski definition) is 5. The summed E-state index contributed by atoms with van der Waals surface area (Å²) >= 11 is 0. The van der Waals surface area contributed by atoms with Crippen molar-refractivity contribution in [1.82, 2.24) is 24.4 Å². The minimum atomic E-state index is -0.616. The number of carbonyl (C=O) groups excluding carboxylic acids is 1. The number of rotatable bonds is 5. The molecule has 1 amide bonds. The molecular weight excluding hydrogens is 378 g/mol. The molecule has 8 heteroatoms. The summed E-state index contributed by atoms with van der Waals surface area (Å²) < 4.78 is 3.70. The standard InChI is InChI=1S/C22H17N7O/c1-13(22(24)30)20-5-2-14(8-25-20)19-6-15(11-29-21(19)16(7-23)9-27-29)17-10-26-28(12-17)18-3-4-18/h2,5-6,8-12,18H,1,3-4H2,(H2,24,30). The van der Waals surface area contributed by atoms with Gasteiger partial charge in [0, 0.05) is 40.8 Å². The molecule has 2 N–H and O–H groups in total. The van der Waals surface area contributed by atoms with Crippen LogP contribution in [0.15, 0.2) is 55.8 Å². The zero-order valence-corrected chi connectivity index (χ0v) is 16.0. The van der Waals surface area contributed by atoms with E-state index < -0.39 is 5.91 Å². The van der Waals surface area contributed by atoms with Crippen molar-refractivity contribution < 1.29 is 4.79 Å². The van der Waals surface area contributed by atoms with Gasteiger partial charge in [-0.3, -0.25) is 14.5 Å². The number of carbonyl (C=O) groups is 1. The van der Waals surface area contributed by atoms with E-state index in [1.807, 2.05) is 35.4 Å². The van der Waals surface area contributed by atoms with Gasteiger partial charge >= 0.3 is 0 Å². The van der Waals surface area contributed by atoms with Crippen molar-refractivity contribution in [1.29, 1.82) is 5.26 Å². The molecule has 0 aromatic carbocycles. The molecule has 1 saturated carbocycles. The number of aromatic nitrogens is 5. The van der Waals surface area contributed by atoms with Crippen molar-refractivity contribution in [3.05, 3.63) is 67.0 Å². The second kappa shape index (κ2) is 6.67. The molecule has 1 aliphatic rings. The first-order chi connectivity index (χ1) is 14.5. The van der Waals surface area contributed by atoms with Crippen molar-refractivity contribution in [2.75, 3.05) is 0 Å². The molecule has 4 heterocycles. The maximum atomic E-state index is 11.4. The van der Waals surface area contributed by atoms with E-state index in [1.165, 1.54) is 0 Å².